The van der Waals surface area contributed by atoms with E-state index >= 15 is 0 Å². The number of hydrogen-bond donors (Lipinski definition) is 2. The third-order valence-electron chi connectivity index (χ3n) is 2.86. The number of benzene rings is 1. The molecule has 0 aliphatic carbocycles. The van der Waals surface area contributed by atoms with Crippen LogP contribution >= 0.6 is 15.9 Å². The third-order valence-corrected chi connectivity index (χ3v) is 3.38. The third kappa shape index (κ3) is 2.78. The molecule has 0 aliphatic heterocycles. The van der Waals surface area contributed by atoms with Crippen molar-refractivity contribution in [3.05, 3.63) is 52.8 Å². The summed E-state index contributed by atoms with van der Waals surface area (Å²) >= 11 is 3.39. The molecule has 0 unspecified atom stereocenters. The van der Waals surface area contributed by atoms with Gasteiger partial charge in [0.1, 0.15) is 0 Å². The predicted molar refractivity (Wildman–Crippen MR) is 76.7 cm³/mol. The number of aromatic nitrogens is 4. The molecular formula is C13H12BrN5O. The maximum absolute atomic E-state index is 6.05. The van der Waals surface area contributed by atoms with E-state index < -0.39 is 0 Å². The summed E-state index contributed by atoms with van der Waals surface area (Å²) in [6.07, 6.45) is 3.91. The second-order valence-electron chi connectivity index (χ2n) is 4.35. The molecule has 0 radical (unpaired) electrons. The Morgan fingerprint density at radius 1 is 1.30 bits per heavy atom. The number of nitrogens with zero attached hydrogens (tertiary/aromatic N) is 3. The molecule has 0 saturated heterocycles. The molecule has 0 amide bonds. The second-order valence-corrected chi connectivity index (χ2v) is 5.27. The number of hydrogen-bond acceptors (Lipinski definition) is 5. The van der Waals surface area contributed by atoms with Crippen LogP contribution in [0.4, 0.5) is 0 Å². The first kappa shape index (κ1) is 13.0. The van der Waals surface area contributed by atoms with Gasteiger partial charge in [-0.2, -0.15) is 4.98 Å². The molecule has 20 heavy (non-hydrogen) atoms. The summed E-state index contributed by atoms with van der Waals surface area (Å²) in [7, 11) is 0. The first-order valence-electron chi connectivity index (χ1n) is 6.05. The van der Waals surface area contributed by atoms with E-state index in [1.54, 1.807) is 12.5 Å². The topological polar surface area (TPSA) is 93.6 Å². The fraction of sp³-hybridized carbons (Fsp3) is 0.154. The van der Waals surface area contributed by atoms with Gasteiger partial charge in [0.15, 0.2) is 0 Å². The van der Waals surface area contributed by atoms with E-state index in [2.05, 4.69) is 36.0 Å². The fourth-order valence-electron chi connectivity index (χ4n) is 1.82. The molecule has 0 saturated carbocycles. The Morgan fingerprint density at radius 2 is 2.10 bits per heavy atom. The van der Waals surface area contributed by atoms with Crippen LogP contribution in [0, 0.1) is 0 Å². The van der Waals surface area contributed by atoms with Crippen molar-refractivity contribution in [3.8, 4) is 11.4 Å². The van der Waals surface area contributed by atoms with Crippen LogP contribution in [0.2, 0.25) is 0 Å². The molecule has 0 bridgehead atoms. The van der Waals surface area contributed by atoms with Gasteiger partial charge in [0, 0.05) is 28.3 Å². The largest absolute Gasteiger partial charge is 0.348 e. The van der Waals surface area contributed by atoms with Crippen molar-refractivity contribution < 1.29 is 4.52 Å². The number of halogens is 1. The van der Waals surface area contributed by atoms with Crippen molar-refractivity contribution in [2.24, 2.45) is 5.73 Å². The van der Waals surface area contributed by atoms with E-state index in [4.69, 9.17) is 10.3 Å². The van der Waals surface area contributed by atoms with Crippen LogP contribution < -0.4 is 5.73 Å². The number of rotatable bonds is 4. The van der Waals surface area contributed by atoms with Crippen molar-refractivity contribution in [3.63, 3.8) is 0 Å². The highest BCUT2D eigenvalue weighted by Crippen LogP contribution is 2.21. The molecule has 2 heterocycles. The second kappa shape index (κ2) is 5.56. The summed E-state index contributed by atoms with van der Waals surface area (Å²) in [5.41, 5.74) is 7.87. The summed E-state index contributed by atoms with van der Waals surface area (Å²) in [6.45, 7) is 0. The van der Waals surface area contributed by atoms with Crippen LogP contribution in [0.15, 0.2) is 45.8 Å². The molecule has 2 aromatic heterocycles. The Hall–Kier alpha value is -1.99. The maximum Gasteiger partial charge on any atom is 0.244 e. The van der Waals surface area contributed by atoms with Crippen LogP contribution in [0.5, 0.6) is 0 Å². The number of H-pyrrole nitrogens is 1. The molecule has 3 N–H and O–H groups in total. The summed E-state index contributed by atoms with van der Waals surface area (Å²) in [6, 6.07) is 7.33. The normalized spacial score (nSPS) is 12.5. The highest BCUT2D eigenvalue weighted by Gasteiger charge is 2.16. The fourth-order valence-corrected chi connectivity index (χ4v) is 2.09. The van der Waals surface area contributed by atoms with Gasteiger partial charge >= 0.3 is 0 Å². The minimum Gasteiger partial charge on any atom is -0.348 e. The zero-order valence-electron chi connectivity index (χ0n) is 10.5. The van der Waals surface area contributed by atoms with E-state index in [0.29, 0.717) is 18.1 Å². The molecule has 1 aromatic carbocycles. The van der Waals surface area contributed by atoms with Crippen molar-refractivity contribution in [1.82, 2.24) is 20.1 Å². The van der Waals surface area contributed by atoms with Gasteiger partial charge in [0.25, 0.3) is 0 Å². The lowest BCUT2D eigenvalue weighted by Crippen LogP contribution is -2.13. The molecule has 1 atom stereocenters. The lowest BCUT2D eigenvalue weighted by molar-refractivity contribution is 0.354. The number of nitrogens with two attached hydrogens (primary N) is 1. The Labute approximate surface area is 123 Å². The van der Waals surface area contributed by atoms with Crippen LogP contribution in [0.25, 0.3) is 11.4 Å². The Kier molecular flexibility index (Phi) is 3.62. The molecule has 7 heteroatoms. The van der Waals surface area contributed by atoms with Crippen molar-refractivity contribution in [2.45, 2.75) is 12.5 Å². The van der Waals surface area contributed by atoms with Crippen molar-refractivity contribution in [1.29, 1.82) is 0 Å². The number of aromatic amines is 1. The smallest absolute Gasteiger partial charge is 0.244 e. The highest BCUT2D eigenvalue weighted by atomic mass is 79.9. The highest BCUT2D eigenvalue weighted by molar-refractivity contribution is 9.10. The van der Waals surface area contributed by atoms with Gasteiger partial charge < -0.3 is 15.2 Å². The summed E-state index contributed by atoms with van der Waals surface area (Å²) < 4.78 is 6.23. The monoisotopic (exact) mass is 333 g/mol. The molecular weight excluding hydrogens is 322 g/mol. The molecule has 0 fully saturated rings. The van der Waals surface area contributed by atoms with Gasteiger partial charge in [-0.3, -0.25) is 0 Å². The Bertz CT molecular complexity index is 677. The first-order valence-corrected chi connectivity index (χ1v) is 6.84. The average molecular weight is 334 g/mol. The minimum absolute atomic E-state index is 0.354. The predicted octanol–water partition coefficient (Wildman–Crippen LogP) is 2.46. The summed E-state index contributed by atoms with van der Waals surface area (Å²) in [5, 5.41) is 3.96. The van der Waals surface area contributed by atoms with E-state index in [0.717, 1.165) is 15.7 Å². The standard InChI is InChI=1S/C13H12BrN5O/c14-9-3-1-8(2-4-9)12-18-13(20-19-12)11(15)5-10-6-16-7-17-10/h1-4,6-7,11H,5,15H2,(H,16,17)/t11-/m0/s1. The maximum atomic E-state index is 6.05. The Balaban J connectivity index is 1.77. The van der Waals surface area contributed by atoms with Crippen molar-refractivity contribution >= 4 is 15.9 Å². The molecule has 0 spiro atoms. The van der Waals surface area contributed by atoms with E-state index in [1.165, 1.54) is 0 Å². The summed E-state index contributed by atoms with van der Waals surface area (Å²) in [4.78, 5) is 11.3. The van der Waals surface area contributed by atoms with Crippen LogP contribution in [0.3, 0.4) is 0 Å². The van der Waals surface area contributed by atoms with Gasteiger partial charge in [0.05, 0.1) is 12.4 Å². The molecule has 0 aliphatic rings. The zero-order chi connectivity index (χ0) is 13.9. The van der Waals surface area contributed by atoms with E-state index in [1.807, 2.05) is 24.3 Å². The molecule has 3 aromatic rings. The Morgan fingerprint density at radius 3 is 2.80 bits per heavy atom. The zero-order valence-corrected chi connectivity index (χ0v) is 12.0. The minimum atomic E-state index is -0.354. The van der Waals surface area contributed by atoms with E-state index in [-0.39, 0.29) is 6.04 Å². The quantitative estimate of drug-likeness (QED) is 0.764. The molecule has 3 rings (SSSR count). The van der Waals surface area contributed by atoms with E-state index in [9.17, 15) is 0 Å². The van der Waals surface area contributed by atoms with Gasteiger partial charge in [0.2, 0.25) is 11.7 Å². The first-order chi connectivity index (χ1) is 9.72. The number of imidazole rings is 1. The van der Waals surface area contributed by atoms with Gasteiger partial charge in [-0.25, -0.2) is 4.98 Å². The number of nitrogens with one attached hydrogen (secondary N) is 1. The average Bonchev–Trinajstić information content (AvgIpc) is 3.10. The lowest BCUT2D eigenvalue weighted by atomic mass is 10.2. The van der Waals surface area contributed by atoms with Crippen LogP contribution in [0.1, 0.15) is 17.6 Å². The SMILES string of the molecule is N[C@@H](Cc1cnc[nH]1)c1nc(-c2ccc(Br)cc2)no1. The van der Waals surface area contributed by atoms with Crippen molar-refractivity contribution in [2.75, 3.05) is 0 Å². The van der Waals surface area contributed by atoms with Gasteiger partial charge in [-0.05, 0) is 24.3 Å². The van der Waals surface area contributed by atoms with Gasteiger partial charge in [-0.15, -0.1) is 0 Å². The lowest BCUT2D eigenvalue weighted by Gasteiger charge is -2.03. The molecule has 6 nitrogen and oxygen atoms in total. The van der Waals surface area contributed by atoms with Gasteiger partial charge in [-0.1, -0.05) is 21.1 Å². The van der Waals surface area contributed by atoms with Crippen LogP contribution in [-0.4, -0.2) is 20.1 Å². The van der Waals surface area contributed by atoms with Crippen LogP contribution in [-0.2, 0) is 6.42 Å². The summed E-state index contributed by atoms with van der Waals surface area (Å²) in [5.74, 6) is 0.949. The molecule has 102 valence electrons.